The summed E-state index contributed by atoms with van der Waals surface area (Å²) in [5, 5.41) is 10.0. The van der Waals surface area contributed by atoms with Gasteiger partial charge in [0.15, 0.2) is 11.5 Å². The van der Waals surface area contributed by atoms with Gasteiger partial charge in [0.2, 0.25) is 0 Å². The van der Waals surface area contributed by atoms with Crippen molar-refractivity contribution in [3.05, 3.63) is 48.0 Å². The first-order valence-electron chi connectivity index (χ1n) is 6.64. The van der Waals surface area contributed by atoms with Crippen LogP contribution in [0.2, 0.25) is 0 Å². The summed E-state index contributed by atoms with van der Waals surface area (Å²) in [6.07, 6.45) is 1.47. The van der Waals surface area contributed by atoms with E-state index in [0.29, 0.717) is 23.6 Å². The van der Waals surface area contributed by atoms with Gasteiger partial charge in [-0.3, -0.25) is 4.99 Å². The third kappa shape index (κ3) is 4.18. The van der Waals surface area contributed by atoms with Crippen molar-refractivity contribution in [1.29, 1.82) is 0 Å². The number of halogens is 2. The van der Waals surface area contributed by atoms with Crippen LogP contribution in [0.3, 0.4) is 0 Å². The van der Waals surface area contributed by atoms with Gasteiger partial charge in [-0.15, -0.1) is 0 Å². The largest absolute Gasteiger partial charge is 0.504 e. The van der Waals surface area contributed by atoms with Crippen molar-refractivity contribution in [2.24, 2.45) is 4.99 Å². The van der Waals surface area contributed by atoms with Crippen molar-refractivity contribution >= 4 is 11.9 Å². The highest BCUT2D eigenvalue weighted by molar-refractivity contribution is 5.86. The van der Waals surface area contributed by atoms with Crippen molar-refractivity contribution in [2.75, 3.05) is 6.61 Å². The Hall–Kier alpha value is -2.63. The maximum absolute atomic E-state index is 12.0. The van der Waals surface area contributed by atoms with Gasteiger partial charge in [0, 0.05) is 11.8 Å². The fraction of sp³-hybridized carbons (Fsp3) is 0.188. The van der Waals surface area contributed by atoms with E-state index in [0.717, 1.165) is 0 Å². The Labute approximate surface area is 126 Å². The molecule has 0 unspecified atom stereocenters. The number of para-hydroxylation sites is 1. The smallest absolute Gasteiger partial charge is 0.387 e. The summed E-state index contributed by atoms with van der Waals surface area (Å²) in [5.41, 5.74) is 1.04. The number of ether oxygens (including phenoxy) is 2. The Morgan fingerprint density at radius 2 is 1.91 bits per heavy atom. The Balaban J connectivity index is 2.13. The van der Waals surface area contributed by atoms with E-state index in [1.165, 1.54) is 30.5 Å². The summed E-state index contributed by atoms with van der Waals surface area (Å²) in [4.78, 5) is 4.18. The number of aromatic hydroxyl groups is 1. The van der Waals surface area contributed by atoms with Crippen LogP contribution >= 0.6 is 0 Å². The van der Waals surface area contributed by atoms with Crippen LogP contribution in [0, 0.1) is 0 Å². The number of phenolic OH excluding ortho intramolecular Hbond substituents is 1. The lowest BCUT2D eigenvalue weighted by Gasteiger charge is -2.07. The Bertz CT molecular complexity index is 642. The molecule has 0 aliphatic heterocycles. The first kappa shape index (κ1) is 15.8. The maximum Gasteiger partial charge on any atom is 0.387 e. The molecule has 0 spiro atoms. The standard InChI is InChI=1S/C16H15F2NO3/c1-2-21-14-5-3-4-11(15(14)20)10-19-12-6-8-13(9-7-12)22-16(17)18/h3-10,16,20H,2H2,1H3. The van der Waals surface area contributed by atoms with Crippen LogP contribution in [-0.2, 0) is 0 Å². The second-order valence-corrected chi connectivity index (χ2v) is 4.26. The van der Waals surface area contributed by atoms with Crippen molar-refractivity contribution in [3.63, 3.8) is 0 Å². The molecule has 0 bridgehead atoms. The molecule has 1 N–H and O–H groups in total. The summed E-state index contributed by atoms with van der Waals surface area (Å²) in [6.45, 7) is -0.587. The van der Waals surface area contributed by atoms with Crippen LogP contribution in [-0.4, -0.2) is 24.5 Å². The second-order valence-electron chi connectivity index (χ2n) is 4.26. The SMILES string of the molecule is CCOc1cccc(C=Nc2ccc(OC(F)F)cc2)c1O. The van der Waals surface area contributed by atoms with E-state index in [4.69, 9.17) is 4.74 Å². The van der Waals surface area contributed by atoms with Crippen LogP contribution < -0.4 is 9.47 Å². The van der Waals surface area contributed by atoms with E-state index < -0.39 is 6.61 Å². The number of rotatable bonds is 6. The molecule has 2 rings (SSSR count). The van der Waals surface area contributed by atoms with Gasteiger partial charge in [0.25, 0.3) is 0 Å². The molecular formula is C16H15F2NO3. The molecule has 6 heteroatoms. The number of phenols is 1. The first-order chi connectivity index (χ1) is 10.6. The van der Waals surface area contributed by atoms with Crippen molar-refractivity contribution in [1.82, 2.24) is 0 Å². The minimum Gasteiger partial charge on any atom is -0.504 e. The Morgan fingerprint density at radius 1 is 1.18 bits per heavy atom. The highest BCUT2D eigenvalue weighted by atomic mass is 19.3. The lowest BCUT2D eigenvalue weighted by atomic mass is 10.2. The van der Waals surface area contributed by atoms with E-state index in [1.54, 1.807) is 18.2 Å². The van der Waals surface area contributed by atoms with E-state index in [2.05, 4.69) is 9.73 Å². The third-order valence-corrected chi connectivity index (χ3v) is 2.74. The normalized spacial score (nSPS) is 11.1. The summed E-state index contributed by atoms with van der Waals surface area (Å²) in [6, 6.07) is 11.0. The molecule has 0 aromatic heterocycles. The van der Waals surface area contributed by atoms with Crippen LogP contribution in [0.25, 0.3) is 0 Å². The van der Waals surface area contributed by atoms with Crippen LogP contribution in [0.4, 0.5) is 14.5 Å². The van der Waals surface area contributed by atoms with Crippen LogP contribution in [0.5, 0.6) is 17.2 Å². The Kier molecular flexibility index (Phi) is 5.30. The number of hydrogen-bond acceptors (Lipinski definition) is 4. The minimum absolute atomic E-state index is 0.00533. The topological polar surface area (TPSA) is 51.0 Å². The molecule has 0 aliphatic rings. The van der Waals surface area contributed by atoms with Gasteiger partial charge in [-0.1, -0.05) is 6.07 Å². The molecule has 2 aromatic carbocycles. The van der Waals surface area contributed by atoms with E-state index >= 15 is 0 Å². The fourth-order valence-corrected chi connectivity index (χ4v) is 1.77. The van der Waals surface area contributed by atoms with Gasteiger partial charge in [-0.25, -0.2) is 0 Å². The summed E-state index contributed by atoms with van der Waals surface area (Å²) < 4.78 is 33.6. The number of benzene rings is 2. The fourth-order valence-electron chi connectivity index (χ4n) is 1.77. The van der Waals surface area contributed by atoms with Gasteiger partial charge < -0.3 is 14.6 Å². The molecule has 0 heterocycles. The second kappa shape index (κ2) is 7.40. The monoisotopic (exact) mass is 307 g/mol. The van der Waals surface area contributed by atoms with Crippen molar-refractivity contribution < 1.29 is 23.4 Å². The van der Waals surface area contributed by atoms with Gasteiger partial charge >= 0.3 is 6.61 Å². The van der Waals surface area contributed by atoms with E-state index in [1.807, 2.05) is 6.92 Å². The minimum atomic E-state index is -2.85. The molecule has 116 valence electrons. The van der Waals surface area contributed by atoms with Crippen molar-refractivity contribution in [3.8, 4) is 17.2 Å². The average Bonchev–Trinajstić information content (AvgIpc) is 2.49. The molecule has 0 amide bonds. The lowest BCUT2D eigenvalue weighted by molar-refractivity contribution is -0.0498. The predicted octanol–water partition coefficient (Wildman–Crippen LogP) is 4.14. The van der Waals surface area contributed by atoms with E-state index in [-0.39, 0.29) is 11.5 Å². The van der Waals surface area contributed by atoms with Gasteiger partial charge in [-0.2, -0.15) is 8.78 Å². The highest BCUT2D eigenvalue weighted by Crippen LogP contribution is 2.29. The summed E-state index contributed by atoms with van der Waals surface area (Å²) in [7, 11) is 0. The molecule has 2 aromatic rings. The molecule has 0 fully saturated rings. The number of nitrogens with zero attached hydrogens (tertiary/aromatic N) is 1. The first-order valence-corrected chi connectivity index (χ1v) is 6.64. The van der Waals surface area contributed by atoms with E-state index in [9.17, 15) is 13.9 Å². The molecule has 0 saturated carbocycles. The maximum atomic E-state index is 12.0. The summed E-state index contributed by atoms with van der Waals surface area (Å²) in [5.74, 6) is 0.452. The van der Waals surface area contributed by atoms with Crippen molar-refractivity contribution in [2.45, 2.75) is 13.5 Å². The van der Waals surface area contributed by atoms with Gasteiger partial charge in [0.1, 0.15) is 5.75 Å². The Morgan fingerprint density at radius 3 is 2.55 bits per heavy atom. The van der Waals surface area contributed by atoms with Crippen LogP contribution in [0.1, 0.15) is 12.5 Å². The highest BCUT2D eigenvalue weighted by Gasteiger charge is 2.06. The van der Waals surface area contributed by atoms with Gasteiger partial charge in [0.05, 0.1) is 12.3 Å². The average molecular weight is 307 g/mol. The molecule has 0 atom stereocenters. The molecule has 0 saturated heterocycles. The van der Waals surface area contributed by atoms with Gasteiger partial charge in [-0.05, 0) is 43.3 Å². The summed E-state index contributed by atoms with van der Waals surface area (Å²) >= 11 is 0. The zero-order valence-electron chi connectivity index (χ0n) is 11.9. The number of aliphatic imine (C=N–C) groups is 1. The predicted molar refractivity (Wildman–Crippen MR) is 79.6 cm³/mol. The number of hydrogen-bond donors (Lipinski definition) is 1. The number of alkyl halides is 2. The molecular weight excluding hydrogens is 292 g/mol. The zero-order chi connectivity index (χ0) is 15.9. The molecule has 4 nitrogen and oxygen atoms in total. The third-order valence-electron chi connectivity index (χ3n) is 2.74. The molecule has 0 aliphatic carbocycles. The molecule has 22 heavy (non-hydrogen) atoms. The zero-order valence-corrected chi connectivity index (χ0v) is 11.9. The molecule has 0 radical (unpaired) electrons. The quantitative estimate of drug-likeness (QED) is 0.816. The lowest BCUT2D eigenvalue weighted by Crippen LogP contribution is -2.01. The van der Waals surface area contributed by atoms with Crippen LogP contribution in [0.15, 0.2) is 47.5 Å².